The van der Waals surface area contributed by atoms with Crippen molar-refractivity contribution in [3.05, 3.63) is 45.6 Å². The van der Waals surface area contributed by atoms with E-state index in [4.69, 9.17) is 11.6 Å². The van der Waals surface area contributed by atoms with Gasteiger partial charge in [-0.3, -0.25) is 0 Å². The highest BCUT2D eigenvalue weighted by atomic mass is 35.5. The van der Waals surface area contributed by atoms with E-state index >= 15 is 0 Å². The summed E-state index contributed by atoms with van der Waals surface area (Å²) < 4.78 is 13.8. The molecule has 0 spiro atoms. The fraction of sp³-hybridized carbons (Fsp3) is 0.100. The maximum atomic E-state index is 13.2. The first-order valence-electron chi connectivity index (χ1n) is 4.23. The molecule has 0 bridgehead atoms. The van der Waals surface area contributed by atoms with Gasteiger partial charge in [-0.2, -0.15) is 0 Å². The molecule has 0 aliphatic rings. The van der Waals surface area contributed by atoms with Crippen molar-refractivity contribution in [1.82, 2.24) is 4.98 Å². The molecule has 0 N–H and O–H groups in total. The Hall–Kier alpha value is -0.580. The first-order chi connectivity index (χ1) is 7.25. The van der Waals surface area contributed by atoms with Crippen LogP contribution in [0.15, 0.2) is 35.4 Å². The summed E-state index contributed by atoms with van der Waals surface area (Å²) in [5, 5.41) is 0. The molecule has 0 fully saturated rings. The Morgan fingerprint density at radius 1 is 1.40 bits per heavy atom. The lowest BCUT2D eigenvalue weighted by Gasteiger charge is -2.00. The lowest BCUT2D eigenvalue weighted by Crippen LogP contribution is -1.80. The number of nitrogens with zero attached hydrogens (tertiary/aromatic N) is 1. The first-order valence-corrected chi connectivity index (χ1v) is 6.41. The van der Waals surface area contributed by atoms with Crippen molar-refractivity contribution in [3.63, 3.8) is 0 Å². The predicted molar refractivity (Wildman–Crippen MR) is 63.1 cm³/mol. The van der Waals surface area contributed by atoms with Crippen molar-refractivity contribution in [2.75, 3.05) is 0 Å². The summed E-state index contributed by atoms with van der Waals surface area (Å²) >= 11 is 8.57. The van der Waals surface area contributed by atoms with Gasteiger partial charge in [-0.1, -0.05) is 23.7 Å². The highest BCUT2D eigenvalue weighted by molar-refractivity contribution is 7.98. The average molecular weight is 260 g/mol. The van der Waals surface area contributed by atoms with Crippen molar-refractivity contribution < 1.29 is 4.39 Å². The first kappa shape index (κ1) is 10.9. The van der Waals surface area contributed by atoms with E-state index in [2.05, 4.69) is 4.98 Å². The topological polar surface area (TPSA) is 12.9 Å². The third-order valence-corrected chi connectivity index (χ3v) is 4.13. The smallest absolute Gasteiger partial charge is 0.183 e. The highest BCUT2D eigenvalue weighted by Crippen LogP contribution is 2.28. The Morgan fingerprint density at radius 2 is 2.20 bits per heavy atom. The van der Waals surface area contributed by atoms with E-state index in [0.29, 0.717) is 15.1 Å². The molecular formula is C10H7ClFNS2. The minimum Gasteiger partial charge on any atom is -0.233 e. The van der Waals surface area contributed by atoms with Gasteiger partial charge in [0.15, 0.2) is 4.47 Å². The molecule has 0 saturated carbocycles. The number of aromatic nitrogens is 1. The van der Waals surface area contributed by atoms with Crippen LogP contribution in [0.4, 0.5) is 4.39 Å². The summed E-state index contributed by atoms with van der Waals surface area (Å²) in [7, 11) is 0. The summed E-state index contributed by atoms with van der Waals surface area (Å²) in [6.45, 7) is 0. The van der Waals surface area contributed by atoms with E-state index in [9.17, 15) is 4.39 Å². The molecular weight excluding hydrogens is 253 g/mol. The molecule has 1 aromatic heterocycles. The van der Waals surface area contributed by atoms with Gasteiger partial charge in [0, 0.05) is 21.7 Å². The minimum atomic E-state index is -0.182. The molecule has 15 heavy (non-hydrogen) atoms. The molecule has 1 heterocycles. The zero-order valence-corrected chi connectivity index (χ0v) is 10.0. The lowest BCUT2D eigenvalue weighted by molar-refractivity contribution is 0.602. The molecule has 0 radical (unpaired) electrons. The Bertz CT molecular complexity index is 458. The Kier molecular flexibility index (Phi) is 3.61. The summed E-state index contributed by atoms with van der Waals surface area (Å²) in [4.78, 5) is 5.63. The molecule has 0 atom stereocenters. The largest absolute Gasteiger partial charge is 0.233 e. The summed E-state index contributed by atoms with van der Waals surface area (Å²) in [5.41, 5.74) is 0. The summed E-state index contributed by atoms with van der Waals surface area (Å²) in [6.07, 6.45) is 1.72. The third kappa shape index (κ3) is 2.93. The van der Waals surface area contributed by atoms with Gasteiger partial charge < -0.3 is 0 Å². The molecule has 1 aromatic carbocycles. The van der Waals surface area contributed by atoms with Gasteiger partial charge in [0.2, 0.25) is 0 Å². The van der Waals surface area contributed by atoms with Gasteiger partial charge in [0.1, 0.15) is 5.82 Å². The van der Waals surface area contributed by atoms with Crippen LogP contribution in [-0.2, 0) is 5.75 Å². The molecule has 0 amide bonds. The van der Waals surface area contributed by atoms with Crippen LogP contribution < -0.4 is 0 Å². The quantitative estimate of drug-likeness (QED) is 0.765. The third-order valence-electron chi connectivity index (χ3n) is 1.73. The minimum absolute atomic E-state index is 0.182. The molecule has 78 valence electrons. The second kappa shape index (κ2) is 4.96. The second-order valence-corrected chi connectivity index (χ2v) is 5.51. The molecule has 0 unspecified atom stereocenters. The van der Waals surface area contributed by atoms with E-state index in [1.807, 2.05) is 6.07 Å². The Labute approximate surface area is 100 Å². The number of halogens is 2. The predicted octanol–water partition coefficient (Wildman–Crippen LogP) is 4.23. The van der Waals surface area contributed by atoms with Crippen LogP contribution in [0.3, 0.4) is 0 Å². The number of benzene rings is 1. The number of thioether (sulfide) groups is 1. The van der Waals surface area contributed by atoms with Crippen LogP contribution >= 0.6 is 34.7 Å². The zero-order valence-electron chi connectivity index (χ0n) is 7.61. The van der Waals surface area contributed by atoms with Gasteiger partial charge in [0.05, 0.1) is 0 Å². The fourth-order valence-electron chi connectivity index (χ4n) is 1.06. The molecule has 2 rings (SSSR count). The SMILES string of the molecule is Fc1ccccc1SCc1cnc(Cl)s1. The van der Waals surface area contributed by atoms with Crippen molar-refractivity contribution in [2.24, 2.45) is 0 Å². The van der Waals surface area contributed by atoms with Crippen LogP contribution in [0, 0.1) is 5.82 Å². The maximum Gasteiger partial charge on any atom is 0.183 e. The zero-order chi connectivity index (χ0) is 10.7. The van der Waals surface area contributed by atoms with Crippen LogP contribution in [0.1, 0.15) is 4.88 Å². The average Bonchev–Trinajstić information content (AvgIpc) is 2.63. The van der Waals surface area contributed by atoms with Gasteiger partial charge in [0.25, 0.3) is 0 Å². The number of rotatable bonds is 3. The van der Waals surface area contributed by atoms with E-state index in [-0.39, 0.29) is 5.82 Å². The van der Waals surface area contributed by atoms with Crippen molar-refractivity contribution in [3.8, 4) is 0 Å². The monoisotopic (exact) mass is 259 g/mol. The van der Waals surface area contributed by atoms with Gasteiger partial charge in [-0.05, 0) is 12.1 Å². The van der Waals surface area contributed by atoms with E-state index in [1.54, 1.807) is 18.3 Å². The number of hydrogen-bond donors (Lipinski definition) is 0. The van der Waals surface area contributed by atoms with Crippen LogP contribution in [0.25, 0.3) is 0 Å². The van der Waals surface area contributed by atoms with Crippen LogP contribution in [0.5, 0.6) is 0 Å². The van der Waals surface area contributed by atoms with Crippen molar-refractivity contribution in [2.45, 2.75) is 10.6 Å². The highest BCUT2D eigenvalue weighted by Gasteiger charge is 2.04. The Morgan fingerprint density at radius 3 is 2.87 bits per heavy atom. The van der Waals surface area contributed by atoms with Crippen LogP contribution in [0.2, 0.25) is 4.47 Å². The molecule has 0 aliphatic heterocycles. The molecule has 0 aliphatic carbocycles. The molecule has 1 nitrogen and oxygen atoms in total. The van der Waals surface area contributed by atoms with Crippen molar-refractivity contribution in [1.29, 1.82) is 0 Å². The fourth-order valence-corrected chi connectivity index (χ4v) is 3.00. The van der Waals surface area contributed by atoms with Gasteiger partial charge in [-0.25, -0.2) is 9.37 Å². The molecule has 5 heteroatoms. The van der Waals surface area contributed by atoms with Crippen LogP contribution in [-0.4, -0.2) is 4.98 Å². The van der Waals surface area contributed by atoms with E-state index in [0.717, 1.165) is 4.88 Å². The van der Waals surface area contributed by atoms with Crippen molar-refractivity contribution >= 4 is 34.7 Å². The molecule has 0 saturated heterocycles. The van der Waals surface area contributed by atoms with Gasteiger partial charge in [-0.15, -0.1) is 23.1 Å². The normalized spacial score (nSPS) is 10.5. The van der Waals surface area contributed by atoms with E-state index < -0.39 is 0 Å². The Balaban J connectivity index is 2.02. The van der Waals surface area contributed by atoms with E-state index in [1.165, 1.54) is 29.2 Å². The van der Waals surface area contributed by atoms with Gasteiger partial charge >= 0.3 is 0 Å². The summed E-state index contributed by atoms with van der Waals surface area (Å²) in [5.74, 6) is 0.517. The standard InChI is InChI=1S/C10H7ClFNS2/c11-10-13-5-7(15-10)6-14-9-4-2-1-3-8(9)12/h1-5H,6H2. The second-order valence-electron chi connectivity index (χ2n) is 2.80. The lowest BCUT2D eigenvalue weighted by atomic mass is 10.3. The number of thiazole rings is 1. The maximum absolute atomic E-state index is 13.2. The molecule has 2 aromatic rings. The summed E-state index contributed by atoms with van der Waals surface area (Å²) in [6, 6.07) is 6.73. The number of hydrogen-bond acceptors (Lipinski definition) is 3.